The molecule has 1 nitrogen and oxygen atoms in total. The van der Waals surface area contributed by atoms with Crippen molar-refractivity contribution in [3.05, 3.63) is 41.7 Å². The molecule has 0 spiro atoms. The number of allylic oxidation sites excluding steroid dienone is 1. The molecular formula is C17H19ClO. The number of halogens is 1. The Labute approximate surface area is 119 Å². The molecule has 0 atom stereocenters. The van der Waals surface area contributed by atoms with Crippen molar-refractivity contribution in [2.75, 3.05) is 5.88 Å². The fourth-order valence-corrected chi connectivity index (χ4v) is 3.34. The van der Waals surface area contributed by atoms with Crippen molar-refractivity contribution >= 4 is 28.6 Å². The molecule has 0 bridgehead atoms. The molecule has 1 aliphatic carbocycles. The second kappa shape index (κ2) is 5.83. The molecule has 0 unspecified atom stereocenters. The van der Waals surface area contributed by atoms with E-state index in [9.17, 15) is 0 Å². The van der Waals surface area contributed by atoms with Gasteiger partial charge in [0.1, 0.15) is 5.58 Å². The van der Waals surface area contributed by atoms with Gasteiger partial charge in [-0.25, -0.2) is 0 Å². The average Bonchev–Trinajstić information content (AvgIpc) is 2.89. The van der Waals surface area contributed by atoms with Crippen LogP contribution in [0.2, 0.25) is 0 Å². The van der Waals surface area contributed by atoms with E-state index in [1.54, 1.807) is 0 Å². The van der Waals surface area contributed by atoms with Crippen LogP contribution in [0.25, 0.3) is 17.0 Å². The normalized spacial score (nSPS) is 18.1. The lowest BCUT2D eigenvalue weighted by Crippen LogP contribution is -2.10. The zero-order valence-electron chi connectivity index (χ0n) is 11.1. The molecule has 0 radical (unpaired) electrons. The number of para-hydroxylation sites is 1. The zero-order chi connectivity index (χ0) is 13.1. The van der Waals surface area contributed by atoms with Gasteiger partial charge in [0.15, 0.2) is 0 Å². The smallest absolute Gasteiger partial charge is 0.134 e. The van der Waals surface area contributed by atoms with Gasteiger partial charge >= 0.3 is 0 Å². The summed E-state index contributed by atoms with van der Waals surface area (Å²) in [6.45, 7) is 0. The van der Waals surface area contributed by atoms with Crippen LogP contribution >= 0.6 is 11.6 Å². The van der Waals surface area contributed by atoms with E-state index in [0.717, 1.165) is 11.1 Å². The molecule has 0 amide bonds. The SMILES string of the molecule is ClC/C(=C/c1coc2ccccc12)C1CCCCC1. The van der Waals surface area contributed by atoms with Gasteiger partial charge in [-0.15, -0.1) is 11.6 Å². The summed E-state index contributed by atoms with van der Waals surface area (Å²) >= 11 is 6.17. The first kappa shape index (κ1) is 12.8. The minimum absolute atomic E-state index is 0.629. The summed E-state index contributed by atoms with van der Waals surface area (Å²) in [5, 5.41) is 1.18. The van der Waals surface area contributed by atoms with E-state index in [0.29, 0.717) is 11.8 Å². The average molecular weight is 275 g/mol. The highest BCUT2D eigenvalue weighted by Crippen LogP contribution is 2.33. The number of rotatable bonds is 3. The molecule has 1 aromatic heterocycles. The van der Waals surface area contributed by atoms with Crippen molar-refractivity contribution in [2.45, 2.75) is 32.1 Å². The number of hydrogen-bond donors (Lipinski definition) is 0. The molecular weight excluding hydrogens is 256 g/mol. The van der Waals surface area contributed by atoms with E-state index in [2.05, 4.69) is 18.2 Å². The summed E-state index contributed by atoms with van der Waals surface area (Å²) in [5.74, 6) is 1.30. The van der Waals surface area contributed by atoms with Crippen molar-refractivity contribution in [1.29, 1.82) is 0 Å². The number of hydrogen-bond acceptors (Lipinski definition) is 1. The highest BCUT2D eigenvalue weighted by atomic mass is 35.5. The first-order chi connectivity index (χ1) is 9.38. The van der Waals surface area contributed by atoms with Crippen LogP contribution < -0.4 is 0 Å². The monoisotopic (exact) mass is 274 g/mol. The Morgan fingerprint density at radius 3 is 2.79 bits per heavy atom. The Bertz CT molecular complexity index is 576. The van der Waals surface area contributed by atoms with Crippen molar-refractivity contribution < 1.29 is 4.42 Å². The quantitative estimate of drug-likeness (QED) is 0.661. The maximum Gasteiger partial charge on any atom is 0.134 e. The molecule has 2 aromatic rings. The van der Waals surface area contributed by atoms with Gasteiger partial charge in [0.05, 0.1) is 6.26 Å². The highest BCUT2D eigenvalue weighted by Gasteiger charge is 2.17. The van der Waals surface area contributed by atoms with E-state index < -0.39 is 0 Å². The Morgan fingerprint density at radius 1 is 1.21 bits per heavy atom. The largest absolute Gasteiger partial charge is 0.464 e. The lowest BCUT2D eigenvalue weighted by Gasteiger charge is -2.23. The van der Waals surface area contributed by atoms with Gasteiger partial charge in [-0.05, 0) is 24.8 Å². The predicted molar refractivity (Wildman–Crippen MR) is 81.5 cm³/mol. The maximum atomic E-state index is 6.17. The third-order valence-electron chi connectivity index (χ3n) is 4.14. The van der Waals surface area contributed by atoms with Crippen LogP contribution in [-0.4, -0.2) is 5.88 Å². The molecule has 100 valence electrons. The Balaban J connectivity index is 1.93. The van der Waals surface area contributed by atoms with E-state index in [1.165, 1.54) is 43.1 Å². The van der Waals surface area contributed by atoms with Crippen molar-refractivity contribution in [1.82, 2.24) is 0 Å². The topological polar surface area (TPSA) is 13.1 Å². The van der Waals surface area contributed by atoms with E-state index in [1.807, 2.05) is 18.4 Å². The molecule has 2 heteroatoms. The first-order valence-corrected chi connectivity index (χ1v) is 7.64. The van der Waals surface area contributed by atoms with Crippen LogP contribution in [0.15, 0.2) is 40.5 Å². The Hall–Kier alpha value is -1.21. The molecule has 1 saturated carbocycles. The van der Waals surface area contributed by atoms with Crippen molar-refractivity contribution in [2.24, 2.45) is 5.92 Å². The minimum Gasteiger partial charge on any atom is -0.464 e. The molecule has 0 aliphatic heterocycles. The third kappa shape index (κ3) is 2.71. The van der Waals surface area contributed by atoms with Gasteiger partial charge in [0.25, 0.3) is 0 Å². The van der Waals surface area contributed by atoms with Gasteiger partial charge in [0.2, 0.25) is 0 Å². The van der Waals surface area contributed by atoms with Crippen molar-refractivity contribution in [3.8, 4) is 0 Å². The highest BCUT2D eigenvalue weighted by molar-refractivity contribution is 6.19. The number of furan rings is 1. The minimum atomic E-state index is 0.629. The second-order valence-corrected chi connectivity index (χ2v) is 5.64. The zero-order valence-corrected chi connectivity index (χ0v) is 11.8. The van der Waals surface area contributed by atoms with Gasteiger partial charge in [-0.3, -0.25) is 0 Å². The Morgan fingerprint density at radius 2 is 2.00 bits per heavy atom. The van der Waals surface area contributed by atoms with Crippen LogP contribution in [0, 0.1) is 5.92 Å². The summed E-state index contributed by atoms with van der Waals surface area (Å²) in [5.41, 5.74) is 3.48. The van der Waals surface area contributed by atoms with Crippen LogP contribution in [-0.2, 0) is 0 Å². The van der Waals surface area contributed by atoms with Crippen molar-refractivity contribution in [3.63, 3.8) is 0 Å². The fourth-order valence-electron chi connectivity index (χ4n) is 3.05. The third-order valence-corrected chi connectivity index (χ3v) is 4.44. The molecule has 0 saturated heterocycles. The first-order valence-electron chi connectivity index (χ1n) is 7.11. The van der Waals surface area contributed by atoms with Crippen LogP contribution in [0.5, 0.6) is 0 Å². The molecule has 0 N–H and O–H groups in total. The standard InChI is InChI=1S/C17H19ClO/c18-11-14(13-6-2-1-3-7-13)10-15-12-19-17-9-5-4-8-16(15)17/h4-5,8-10,12-13H,1-3,6-7,11H2/b14-10-. The molecule has 1 fully saturated rings. The summed E-state index contributed by atoms with van der Waals surface area (Å²) < 4.78 is 5.59. The van der Waals surface area contributed by atoms with E-state index in [-0.39, 0.29) is 0 Å². The molecule has 1 heterocycles. The van der Waals surface area contributed by atoms with Gasteiger partial charge < -0.3 is 4.42 Å². The summed E-state index contributed by atoms with van der Waals surface area (Å²) in [4.78, 5) is 0. The maximum absolute atomic E-state index is 6.17. The number of alkyl halides is 1. The fraction of sp³-hybridized carbons (Fsp3) is 0.412. The summed E-state index contributed by atoms with van der Waals surface area (Å²) in [6.07, 6.45) is 10.7. The van der Waals surface area contributed by atoms with Gasteiger partial charge in [-0.2, -0.15) is 0 Å². The molecule has 3 rings (SSSR count). The van der Waals surface area contributed by atoms with Gasteiger partial charge in [-0.1, -0.05) is 49.1 Å². The lowest BCUT2D eigenvalue weighted by atomic mass is 9.83. The second-order valence-electron chi connectivity index (χ2n) is 5.38. The van der Waals surface area contributed by atoms with E-state index >= 15 is 0 Å². The number of benzene rings is 1. The lowest BCUT2D eigenvalue weighted by molar-refractivity contribution is 0.405. The summed E-state index contributed by atoms with van der Waals surface area (Å²) in [6, 6.07) is 8.17. The van der Waals surface area contributed by atoms with Crippen LogP contribution in [0.1, 0.15) is 37.7 Å². The van der Waals surface area contributed by atoms with Crippen LogP contribution in [0.4, 0.5) is 0 Å². The number of fused-ring (bicyclic) bond motifs is 1. The van der Waals surface area contributed by atoms with E-state index in [4.69, 9.17) is 16.0 Å². The predicted octanol–water partition coefficient (Wildman–Crippen LogP) is 5.64. The Kier molecular flexibility index (Phi) is 3.93. The molecule has 1 aliphatic rings. The van der Waals surface area contributed by atoms with Crippen LogP contribution in [0.3, 0.4) is 0 Å². The molecule has 1 aromatic carbocycles. The summed E-state index contributed by atoms with van der Waals surface area (Å²) in [7, 11) is 0. The van der Waals surface area contributed by atoms with Gasteiger partial charge in [0, 0.05) is 16.8 Å². The molecule has 19 heavy (non-hydrogen) atoms.